The molecule has 2 aromatic carbocycles. The number of carbonyl (C=O) groups is 2. The molecule has 1 heterocycles. The van der Waals surface area contributed by atoms with Gasteiger partial charge in [-0.2, -0.15) is 0 Å². The number of rotatable bonds is 8. The lowest BCUT2D eigenvalue weighted by Gasteiger charge is -2.15. The second-order valence-corrected chi connectivity index (χ2v) is 7.60. The van der Waals surface area contributed by atoms with Gasteiger partial charge in [0.25, 0.3) is 11.8 Å². The molecule has 0 atom stereocenters. The summed E-state index contributed by atoms with van der Waals surface area (Å²) in [4.78, 5) is 27.6. The topological polar surface area (TPSA) is 66.8 Å². The maximum absolute atomic E-state index is 13.1. The fourth-order valence-electron chi connectivity index (χ4n) is 2.89. The van der Waals surface area contributed by atoms with E-state index in [1.807, 2.05) is 6.92 Å². The van der Waals surface area contributed by atoms with Gasteiger partial charge in [0.2, 0.25) is 0 Å². The first-order chi connectivity index (χ1) is 13.5. The van der Waals surface area contributed by atoms with Gasteiger partial charge in [0, 0.05) is 10.8 Å². The summed E-state index contributed by atoms with van der Waals surface area (Å²) in [6.45, 7) is 2.53. The molecule has 0 saturated carbocycles. The van der Waals surface area contributed by atoms with Crippen LogP contribution in [0.2, 0.25) is 5.02 Å². The second-order valence-electron chi connectivity index (χ2n) is 6.06. The molecule has 0 aliphatic carbocycles. The molecule has 0 unspecified atom stereocenters. The van der Waals surface area contributed by atoms with Crippen molar-refractivity contribution in [2.75, 3.05) is 19.0 Å². The van der Waals surface area contributed by atoms with Crippen LogP contribution in [0.25, 0.3) is 5.57 Å². The first kappa shape index (κ1) is 20.5. The number of imide groups is 1. The molecule has 0 aromatic heterocycles. The number of aliphatic hydroxyl groups is 1. The smallest absolute Gasteiger partial charge is 0.268 e. The monoisotopic (exact) mass is 417 g/mol. The zero-order valence-electron chi connectivity index (χ0n) is 15.4. The minimum absolute atomic E-state index is 0.0800. The van der Waals surface area contributed by atoms with Crippen molar-refractivity contribution in [3.8, 4) is 5.75 Å². The number of carbonyl (C=O) groups excluding carboxylic acids is 2. The Morgan fingerprint density at radius 3 is 2.32 bits per heavy atom. The molecule has 0 fully saturated rings. The van der Waals surface area contributed by atoms with Crippen molar-refractivity contribution < 1.29 is 19.4 Å². The van der Waals surface area contributed by atoms with Gasteiger partial charge in [-0.15, -0.1) is 11.8 Å². The number of nitrogens with zero attached hydrogens (tertiary/aromatic N) is 1. The summed E-state index contributed by atoms with van der Waals surface area (Å²) in [5.41, 5.74) is 1.83. The highest BCUT2D eigenvalue weighted by molar-refractivity contribution is 8.04. The Morgan fingerprint density at radius 1 is 1.04 bits per heavy atom. The minimum atomic E-state index is -0.345. The van der Waals surface area contributed by atoms with Crippen molar-refractivity contribution in [1.82, 2.24) is 4.90 Å². The van der Waals surface area contributed by atoms with E-state index in [1.165, 1.54) is 16.7 Å². The number of hydrogen-bond donors (Lipinski definition) is 1. The lowest BCUT2D eigenvalue weighted by Crippen LogP contribution is -2.30. The van der Waals surface area contributed by atoms with Crippen LogP contribution in [0.5, 0.6) is 5.75 Å². The maximum Gasteiger partial charge on any atom is 0.268 e. The molecule has 0 bridgehead atoms. The first-order valence-corrected chi connectivity index (χ1v) is 10.2. The van der Waals surface area contributed by atoms with Gasteiger partial charge in [-0.1, -0.05) is 35.9 Å². The van der Waals surface area contributed by atoms with Gasteiger partial charge in [0.15, 0.2) is 0 Å². The normalized spacial score (nSPS) is 14.2. The lowest BCUT2D eigenvalue weighted by molar-refractivity contribution is -0.137. The summed E-state index contributed by atoms with van der Waals surface area (Å²) in [5, 5.41) is 9.77. The van der Waals surface area contributed by atoms with Gasteiger partial charge in [0.1, 0.15) is 5.75 Å². The van der Waals surface area contributed by atoms with E-state index in [0.29, 0.717) is 39.2 Å². The van der Waals surface area contributed by atoms with Crippen molar-refractivity contribution in [2.45, 2.75) is 13.5 Å². The van der Waals surface area contributed by atoms with Crippen LogP contribution in [0, 0.1) is 0 Å². The Hall–Kier alpha value is -2.28. The van der Waals surface area contributed by atoms with E-state index in [4.69, 9.17) is 16.3 Å². The quantitative estimate of drug-likeness (QED) is 0.662. The Morgan fingerprint density at radius 2 is 1.71 bits per heavy atom. The molecule has 1 aliphatic rings. The Kier molecular flexibility index (Phi) is 6.78. The summed E-state index contributed by atoms with van der Waals surface area (Å²) < 4.78 is 5.45. The van der Waals surface area contributed by atoms with Crippen molar-refractivity contribution in [3.63, 3.8) is 0 Å². The molecule has 3 rings (SSSR count). The molecule has 0 spiro atoms. The zero-order chi connectivity index (χ0) is 20.1. The molecular formula is C21H20ClNO4S. The fourth-order valence-corrected chi connectivity index (χ4v) is 3.90. The van der Waals surface area contributed by atoms with Crippen molar-refractivity contribution in [1.29, 1.82) is 0 Å². The van der Waals surface area contributed by atoms with Gasteiger partial charge in [-0.3, -0.25) is 14.5 Å². The standard InChI is InChI=1S/C21H20ClNO4S/c1-2-27-17-9-5-15(6-10-17)18-19(28-12-11-24)21(26)23(20(18)25)13-14-3-7-16(22)8-4-14/h3-10,24H,2,11-13H2,1H3. The van der Waals surface area contributed by atoms with Gasteiger partial charge in [0.05, 0.1) is 30.2 Å². The number of aliphatic hydroxyl groups excluding tert-OH is 1. The van der Waals surface area contributed by atoms with Gasteiger partial charge < -0.3 is 9.84 Å². The van der Waals surface area contributed by atoms with E-state index in [9.17, 15) is 14.7 Å². The van der Waals surface area contributed by atoms with E-state index >= 15 is 0 Å². The van der Waals surface area contributed by atoms with Crippen LogP contribution in [-0.4, -0.2) is 40.8 Å². The molecule has 28 heavy (non-hydrogen) atoms. The Labute approximate surface area is 172 Å². The van der Waals surface area contributed by atoms with Crippen molar-refractivity contribution >= 4 is 40.8 Å². The van der Waals surface area contributed by atoms with E-state index in [2.05, 4.69) is 0 Å². The van der Waals surface area contributed by atoms with E-state index < -0.39 is 0 Å². The number of hydrogen-bond acceptors (Lipinski definition) is 5. The second kappa shape index (κ2) is 9.28. The Balaban J connectivity index is 1.91. The van der Waals surface area contributed by atoms with Crippen LogP contribution in [0.1, 0.15) is 18.1 Å². The highest BCUT2D eigenvalue weighted by Gasteiger charge is 2.39. The minimum Gasteiger partial charge on any atom is -0.494 e. The van der Waals surface area contributed by atoms with Crippen LogP contribution in [0.3, 0.4) is 0 Å². The summed E-state index contributed by atoms with van der Waals surface area (Å²) in [5.74, 6) is 0.349. The summed E-state index contributed by atoms with van der Waals surface area (Å²) in [6.07, 6.45) is 0. The third kappa shape index (κ3) is 4.41. The van der Waals surface area contributed by atoms with E-state index in [-0.39, 0.29) is 25.0 Å². The number of halogens is 1. The number of thioether (sulfide) groups is 1. The fraction of sp³-hybridized carbons (Fsp3) is 0.238. The van der Waals surface area contributed by atoms with Crippen LogP contribution < -0.4 is 4.74 Å². The van der Waals surface area contributed by atoms with Crippen LogP contribution >= 0.6 is 23.4 Å². The summed E-state index contributed by atoms with van der Waals surface area (Å²) in [7, 11) is 0. The van der Waals surface area contributed by atoms with Crippen LogP contribution in [-0.2, 0) is 16.1 Å². The Bertz CT molecular complexity index is 894. The molecule has 7 heteroatoms. The predicted molar refractivity (Wildman–Crippen MR) is 111 cm³/mol. The highest BCUT2D eigenvalue weighted by Crippen LogP contribution is 2.37. The van der Waals surface area contributed by atoms with E-state index in [1.54, 1.807) is 48.5 Å². The first-order valence-electron chi connectivity index (χ1n) is 8.87. The number of benzene rings is 2. The van der Waals surface area contributed by atoms with Crippen LogP contribution in [0.15, 0.2) is 53.4 Å². The largest absolute Gasteiger partial charge is 0.494 e. The number of amides is 2. The molecule has 0 radical (unpaired) electrons. The van der Waals surface area contributed by atoms with Gasteiger partial charge in [-0.25, -0.2) is 0 Å². The molecule has 2 aromatic rings. The summed E-state index contributed by atoms with van der Waals surface area (Å²) in [6, 6.07) is 14.1. The third-order valence-corrected chi connectivity index (χ3v) is 5.48. The molecule has 5 nitrogen and oxygen atoms in total. The van der Waals surface area contributed by atoms with Crippen molar-refractivity contribution in [3.05, 3.63) is 69.6 Å². The predicted octanol–water partition coefficient (Wildman–Crippen LogP) is 3.74. The molecule has 1 aliphatic heterocycles. The van der Waals surface area contributed by atoms with Crippen LogP contribution in [0.4, 0.5) is 0 Å². The third-order valence-electron chi connectivity index (χ3n) is 4.17. The van der Waals surface area contributed by atoms with Gasteiger partial charge >= 0.3 is 0 Å². The lowest BCUT2D eigenvalue weighted by atomic mass is 10.1. The van der Waals surface area contributed by atoms with E-state index in [0.717, 1.165) is 5.56 Å². The molecule has 2 amide bonds. The molecule has 0 saturated heterocycles. The average molecular weight is 418 g/mol. The molecule has 1 N–H and O–H groups in total. The number of ether oxygens (including phenoxy) is 1. The summed E-state index contributed by atoms with van der Waals surface area (Å²) >= 11 is 7.11. The zero-order valence-corrected chi connectivity index (χ0v) is 16.9. The highest BCUT2D eigenvalue weighted by atomic mass is 35.5. The molecule has 146 valence electrons. The maximum atomic E-state index is 13.1. The SMILES string of the molecule is CCOc1ccc(C2=C(SCCO)C(=O)N(Cc3ccc(Cl)cc3)C2=O)cc1. The molecular weight excluding hydrogens is 398 g/mol. The average Bonchev–Trinajstić information content (AvgIpc) is 2.93. The van der Waals surface area contributed by atoms with Gasteiger partial charge in [-0.05, 0) is 42.3 Å². The van der Waals surface area contributed by atoms with Crippen molar-refractivity contribution in [2.24, 2.45) is 0 Å².